The van der Waals surface area contributed by atoms with Gasteiger partial charge in [0, 0.05) is 12.7 Å². The summed E-state index contributed by atoms with van der Waals surface area (Å²) in [6.45, 7) is 7.36. The van der Waals surface area contributed by atoms with Crippen molar-refractivity contribution in [2.45, 2.75) is 33.6 Å². The SMILES string of the molecule is COCC(C)(C)CC/C=C/c1cc(C)ccc1OC. The van der Waals surface area contributed by atoms with Crippen molar-refractivity contribution in [3.05, 3.63) is 35.4 Å². The van der Waals surface area contributed by atoms with Crippen LogP contribution in [0.25, 0.3) is 6.08 Å². The van der Waals surface area contributed by atoms with E-state index in [1.54, 1.807) is 14.2 Å². The minimum atomic E-state index is 0.232. The van der Waals surface area contributed by atoms with Gasteiger partial charge in [-0.15, -0.1) is 0 Å². The Balaban J connectivity index is 2.60. The number of hydrogen-bond donors (Lipinski definition) is 0. The third-order valence-electron chi connectivity index (χ3n) is 3.21. The molecule has 0 spiro atoms. The molecule has 0 N–H and O–H groups in total. The van der Waals surface area contributed by atoms with Crippen LogP contribution < -0.4 is 4.74 Å². The predicted molar refractivity (Wildman–Crippen MR) is 81.7 cm³/mol. The maximum absolute atomic E-state index is 5.37. The molecule has 0 amide bonds. The molecule has 1 aromatic rings. The van der Waals surface area contributed by atoms with Crippen LogP contribution in [0.2, 0.25) is 0 Å². The number of benzene rings is 1. The van der Waals surface area contributed by atoms with E-state index in [0.717, 1.165) is 30.8 Å². The number of ether oxygens (including phenoxy) is 2. The highest BCUT2D eigenvalue weighted by atomic mass is 16.5. The summed E-state index contributed by atoms with van der Waals surface area (Å²) in [5.41, 5.74) is 2.63. The predicted octanol–water partition coefficient (Wildman–Crippen LogP) is 4.47. The van der Waals surface area contributed by atoms with Crippen LogP contribution in [-0.4, -0.2) is 20.8 Å². The molecular weight excluding hydrogens is 236 g/mol. The van der Waals surface area contributed by atoms with E-state index in [1.807, 2.05) is 6.07 Å². The van der Waals surface area contributed by atoms with E-state index in [-0.39, 0.29) is 5.41 Å². The number of hydrogen-bond acceptors (Lipinski definition) is 2. The molecule has 0 saturated carbocycles. The van der Waals surface area contributed by atoms with Crippen LogP contribution in [0.1, 0.15) is 37.8 Å². The topological polar surface area (TPSA) is 18.5 Å². The van der Waals surface area contributed by atoms with Gasteiger partial charge < -0.3 is 9.47 Å². The largest absolute Gasteiger partial charge is 0.496 e. The number of rotatable bonds is 7. The second kappa shape index (κ2) is 7.34. The van der Waals surface area contributed by atoms with Crippen LogP contribution >= 0.6 is 0 Å². The van der Waals surface area contributed by atoms with Gasteiger partial charge in [-0.25, -0.2) is 0 Å². The Labute approximate surface area is 117 Å². The van der Waals surface area contributed by atoms with Gasteiger partial charge in [-0.3, -0.25) is 0 Å². The Hall–Kier alpha value is -1.28. The number of allylic oxidation sites excluding steroid dienone is 1. The molecular formula is C17H26O2. The molecule has 1 rings (SSSR count). The van der Waals surface area contributed by atoms with E-state index in [1.165, 1.54) is 5.56 Å². The molecule has 0 unspecified atom stereocenters. The Kier molecular flexibility index (Phi) is 6.10. The molecule has 0 aromatic heterocycles. The average Bonchev–Trinajstić information content (AvgIpc) is 2.35. The van der Waals surface area contributed by atoms with Gasteiger partial charge in [-0.1, -0.05) is 37.6 Å². The minimum Gasteiger partial charge on any atom is -0.496 e. The lowest BCUT2D eigenvalue weighted by Crippen LogP contribution is -2.17. The van der Waals surface area contributed by atoms with Gasteiger partial charge >= 0.3 is 0 Å². The van der Waals surface area contributed by atoms with Gasteiger partial charge in [0.1, 0.15) is 5.75 Å². The average molecular weight is 262 g/mol. The first kappa shape index (κ1) is 15.8. The van der Waals surface area contributed by atoms with Crippen LogP contribution in [0.4, 0.5) is 0 Å². The van der Waals surface area contributed by atoms with Crippen molar-refractivity contribution in [2.75, 3.05) is 20.8 Å². The number of methoxy groups -OCH3 is 2. The van der Waals surface area contributed by atoms with Crippen molar-refractivity contribution >= 4 is 6.08 Å². The molecule has 0 aliphatic carbocycles. The van der Waals surface area contributed by atoms with E-state index in [0.29, 0.717) is 0 Å². The quantitative estimate of drug-likeness (QED) is 0.722. The second-order valence-electron chi connectivity index (χ2n) is 5.78. The molecule has 19 heavy (non-hydrogen) atoms. The van der Waals surface area contributed by atoms with E-state index in [9.17, 15) is 0 Å². The fraction of sp³-hybridized carbons (Fsp3) is 0.529. The van der Waals surface area contributed by atoms with Gasteiger partial charge in [0.2, 0.25) is 0 Å². The normalized spacial score (nSPS) is 12.1. The zero-order chi connectivity index (χ0) is 14.3. The van der Waals surface area contributed by atoms with E-state index >= 15 is 0 Å². The van der Waals surface area contributed by atoms with E-state index < -0.39 is 0 Å². The summed E-state index contributed by atoms with van der Waals surface area (Å²) in [6, 6.07) is 6.23. The highest BCUT2D eigenvalue weighted by molar-refractivity contribution is 5.58. The number of aryl methyl sites for hydroxylation is 1. The maximum atomic E-state index is 5.37. The third kappa shape index (κ3) is 5.48. The van der Waals surface area contributed by atoms with E-state index in [4.69, 9.17) is 9.47 Å². The van der Waals surface area contributed by atoms with Crippen molar-refractivity contribution in [1.82, 2.24) is 0 Å². The zero-order valence-corrected chi connectivity index (χ0v) is 12.8. The summed E-state index contributed by atoms with van der Waals surface area (Å²) in [5.74, 6) is 0.929. The molecule has 0 saturated heterocycles. The monoisotopic (exact) mass is 262 g/mol. The highest BCUT2D eigenvalue weighted by Gasteiger charge is 2.15. The molecule has 0 radical (unpaired) electrons. The summed E-state index contributed by atoms with van der Waals surface area (Å²) < 4.78 is 10.6. The molecule has 0 atom stereocenters. The van der Waals surface area contributed by atoms with Gasteiger partial charge in [0.15, 0.2) is 0 Å². The lowest BCUT2D eigenvalue weighted by molar-refractivity contribution is 0.0990. The van der Waals surface area contributed by atoms with E-state index in [2.05, 4.69) is 45.1 Å². The van der Waals surface area contributed by atoms with Crippen LogP contribution in [0, 0.1) is 12.3 Å². The molecule has 1 aromatic carbocycles. The summed E-state index contributed by atoms with van der Waals surface area (Å²) in [5, 5.41) is 0. The summed E-state index contributed by atoms with van der Waals surface area (Å²) >= 11 is 0. The minimum absolute atomic E-state index is 0.232. The van der Waals surface area contributed by atoms with Crippen molar-refractivity contribution in [3.8, 4) is 5.75 Å². The molecule has 0 fully saturated rings. The lowest BCUT2D eigenvalue weighted by Gasteiger charge is -2.22. The Bertz CT molecular complexity index is 419. The van der Waals surface area contributed by atoms with Crippen LogP contribution in [0.3, 0.4) is 0 Å². The Morgan fingerprint density at radius 3 is 2.58 bits per heavy atom. The van der Waals surface area contributed by atoms with Crippen molar-refractivity contribution < 1.29 is 9.47 Å². The van der Waals surface area contributed by atoms with Crippen molar-refractivity contribution in [1.29, 1.82) is 0 Å². The molecule has 0 aliphatic rings. The maximum Gasteiger partial charge on any atom is 0.126 e. The fourth-order valence-electron chi connectivity index (χ4n) is 2.13. The molecule has 2 heteroatoms. The lowest BCUT2D eigenvalue weighted by atomic mass is 9.89. The van der Waals surface area contributed by atoms with Gasteiger partial charge in [-0.2, -0.15) is 0 Å². The van der Waals surface area contributed by atoms with Crippen molar-refractivity contribution in [2.24, 2.45) is 5.41 Å². The van der Waals surface area contributed by atoms with Crippen LogP contribution in [0.5, 0.6) is 5.75 Å². The molecule has 0 bridgehead atoms. The van der Waals surface area contributed by atoms with Crippen molar-refractivity contribution in [3.63, 3.8) is 0 Å². The van der Waals surface area contributed by atoms with Gasteiger partial charge in [0.05, 0.1) is 13.7 Å². The standard InChI is InChI=1S/C17H26O2/c1-14-9-10-16(19-5)15(12-14)8-6-7-11-17(2,3)13-18-4/h6,8-10,12H,7,11,13H2,1-5H3/b8-6+. The summed E-state index contributed by atoms with van der Waals surface area (Å²) in [6.07, 6.45) is 6.53. The van der Waals surface area contributed by atoms with Crippen LogP contribution in [0.15, 0.2) is 24.3 Å². The molecule has 0 heterocycles. The highest BCUT2D eigenvalue weighted by Crippen LogP contribution is 2.24. The van der Waals surface area contributed by atoms with Gasteiger partial charge in [-0.05, 0) is 37.3 Å². The Morgan fingerprint density at radius 1 is 1.21 bits per heavy atom. The smallest absolute Gasteiger partial charge is 0.126 e. The summed E-state index contributed by atoms with van der Waals surface area (Å²) in [4.78, 5) is 0. The first-order valence-electron chi connectivity index (χ1n) is 6.78. The molecule has 106 valence electrons. The first-order chi connectivity index (χ1) is 8.98. The Morgan fingerprint density at radius 2 is 1.95 bits per heavy atom. The molecule has 0 aliphatic heterocycles. The molecule has 2 nitrogen and oxygen atoms in total. The zero-order valence-electron chi connectivity index (χ0n) is 12.8. The summed E-state index contributed by atoms with van der Waals surface area (Å²) in [7, 11) is 3.47. The first-order valence-corrected chi connectivity index (χ1v) is 6.78. The third-order valence-corrected chi connectivity index (χ3v) is 3.21. The second-order valence-corrected chi connectivity index (χ2v) is 5.78. The fourth-order valence-corrected chi connectivity index (χ4v) is 2.13. The van der Waals surface area contributed by atoms with Crippen LogP contribution in [-0.2, 0) is 4.74 Å². The van der Waals surface area contributed by atoms with Gasteiger partial charge in [0.25, 0.3) is 0 Å².